The van der Waals surface area contributed by atoms with Gasteiger partial charge in [0.2, 0.25) is 0 Å². The van der Waals surface area contributed by atoms with Crippen LogP contribution in [0.4, 0.5) is 0 Å². The summed E-state index contributed by atoms with van der Waals surface area (Å²) < 4.78 is 5.57. The summed E-state index contributed by atoms with van der Waals surface area (Å²) in [5.74, 6) is 0. The fourth-order valence-corrected chi connectivity index (χ4v) is 2.89. The summed E-state index contributed by atoms with van der Waals surface area (Å²) in [5, 5.41) is 9.11. The van der Waals surface area contributed by atoms with Crippen LogP contribution in [0.3, 0.4) is 0 Å². The second kappa shape index (κ2) is 5.34. The van der Waals surface area contributed by atoms with Crippen LogP contribution in [0.15, 0.2) is 12.1 Å². The summed E-state index contributed by atoms with van der Waals surface area (Å²) in [7, 11) is 0. The highest BCUT2D eigenvalue weighted by molar-refractivity contribution is 5.25. The van der Waals surface area contributed by atoms with Gasteiger partial charge in [0.05, 0.1) is 18.9 Å². The Morgan fingerprint density at radius 1 is 1.44 bits per heavy atom. The van der Waals surface area contributed by atoms with E-state index in [0.717, 1.165) is 44.1 Å². The molecule has 4 nitrogen and oxygen atoms in total. The molecule has 3 heterocycles. The first-order chi connectivity index (χ1) is 8.86. The highest BCUT2D eigenvalue weighted by Gasteiger charge is 2.25. The average Bonchev–Trinajstić information content (AvgIpc) is 2.47. The van der Waals surface area contributed by atoms with Crippen molar-refractivity contribution in [2.45, 2.75) is 38.5 Å². The predicted molar refractivity (Wildman–Crippen MR) is 68.1 cm³/mol. The molecule has 1 aromatic rings. The maximum absolute atomic E-state index is 9.11. The van der Waals surface area contributed by atoms with Crippen LogP contribution in [0.25, 0.3) is 0 Å². The number of aliphatic hydroxyl groups excluding tert-OH is 1. The molecule has 0 aliphatic carbocycles. The number of fused-ring (bicyclic) bond motifs is 1. The van der Waals surface area contributed by atoms with Gasteiger partial charge < -0.3 is 9.84 Å². The second-order valence-electron chi connectivity index (χ2n) is 5.16. The van der Waals surface area contributed by atoms with Crippen molar-refractivity contribution >= 4 is 0 Å². The highest BCUT2D eigenvalue weighted by atomic mass is 16.5. The van der Waals surface area contributed by atoms with E-state index < -0.39 is 0 Å². The topological polar surface area (TPSA) is 45.6 Å². The van der Waals surface area contributed by atoms with E-state index in [4.69, 9.17) is 9.84 Å². The largest absolute Gasteiger partial charge is 0.390 e. The Morgan fingerprint density at radius 3 is 3.17 bits per heavy atom. The minimum Gasteiger partial charge on any atom is -0.390 e. The Morgan fingerprint density at radius 2 is 2.39 bits per heavy atom. The first-order valence-electron chi connectivity index (χ1n) is 6.77. The maximum Gasteiger partial charge on any atom is 0.0853 e. The molecule has 0 spiro atoms. The number of aromatic nitrogens is 1. The summed E-state index contributed by atoms with van der Waals surface area (Å²) in [6, 6.07) is 4.62. The lowest BCUT2D eigenvalue weighted by atomic mass is 10.0. The summed E-state index contributed by atoms with van der Waals surface area (Å²) >= 11 is 0. The van der Waals surface area contributed by atoms with Gasteiger partial charge in [0.15, 0.2) is 0 Å². The van der Waals surface area contributed by atoms with Crippen LogP contribution in [0.1, 0.15) is 29.8 Å². The molecule has 0 bridgehead atoms. The number of aliphatic hydroxyl groups is 1. The first kappa shape index (κ1) is 12.1. The summed E-state index contributed by atoms with van der Waals surface area (Å²) in [6.45, 7) is 3.86. The Balaban J connectivity index is 1.72. The van der Waals surface area contributed by atoms with Crippen molar-refractivity contribution in [2.24, 2.45) is 0 Å². The van der Waals surface area contributed by atoms with E-state index in [1.807, 2.05) is 6.07 Å². The van der Waals surface area contributed by atoms with Gasteiger partial charge in [0.25, 0.3) is 0 Å². The zero-order chi connectivity index (χ0) is 12.4. The number of ether oxygens (including phenoxy) is 1. The lowest BCUT2D eigenvalue weighted by molar-refractivity contribution is 0.0122. The maximum atomic E-state index is 9.11. The van der Waals surface area contributed by atoms with E-state index >= 15 is 0 Å². The predicted octanol–water partition coefficient (Wildman–Crippen LogP) is 1.11. The summed E-state index contributed by atoms with van der Waals surface area (Å²) in [5.41, 5.74) is 3.25. The third kappa shape index (κ3) is 2.41. The molecular weight excluding hydrogens is 228 g/mol. The quantitative estimate of drug-likeness (QED) is 0.851. The molecule has 0 aromatic carbocycles. The van der Waals surface area contributed by atoms with E-state index in [1.165, 1.54) is 18.4 Å². The molecular formula is C14H20N2O2. The SMILES string of the molecule is OCc1ccc2c(n1)CCN(C1CCCOC1)C2. The summed E-state index contributed by atoms with van der Waals surface area (Å²) in [6.07, 6.45) is 3.41. The molecule has 0 saturated carbocycles. The fraction of sp³-hybridized carbons (Fsp3) is 0.643. The van der Waals surface area contributed by atoms with Gasteiger partial charge >= 0.3 is 0 Å². The van der Waals surface area contributed by atoms with Gasteiger partial charge in [-0.1, -0.05) is 6.07 Å². The van der Waals surface area contributed by atoms with E-state index in [-0.39, 0.29) is 6.61 Å². The molecule has 1 aromatic heterocycles. The third-order valence-electron chi connectivity index (χ3n) is 3.95. The van der Waals surface area contributed by atoms with E-state index in [0.29, 0.717) is 6.04 Å². The van der Waals surface area contributed by atoms with Gasteiger partial charge in [-0.2, -0.15) is 0 Å². The van der Waals surface area contributed by atoms with Crippen LogP contribution in [0.2, 0.25) is 0 Å². The molecule has 18 heavy (non-hydrogen) atoms. The molecule has 1 saturated heterocycles. The van der Waals surface area contributed by atoms with Crippen molar-refractivity contribution in [1.82, 2.24) is 9.88 Å². The van der Waals surface area contributed by atoms with Gasteiger partial charge in [-0.3, -0.25) is 9.88 Å². The van der Waals surface area contributed by atoms with Crippen LogP contribution < -0.4 is 0 Å². The number of nitrogens with zero attached hydrogens (tertiary/aromatic N) is 2. The minimum absolute atomic E-state index is 0.0352. The standard InChI is InChI=1S/C14H20N2O2/c17-9-12-4-3-11-8-16(6-5-14(11)15-12)13-2-1-7-18-10-13/h3-4,13,17H,1-2,5-10H2. The Hall–Kier alpha value is -0.970. The van der Waals surface area contributed by atoms with Gasteiger partial charge in [-0.25, -0.2) is 0 Å². The monoisotopic (exact) mass is 248 g/mol. The zero-order valence-electron chi connectivity index (χ0n) is 10.6. The molecule has 3 rings (SSSR count). The van der Waals surface area contributed by atoms with Crippen LogP contribution in [0, 0.1) is 0 Å². The first-order valence-corrected chi connectivity index (χ1v) is 6.77. The smallest absolute Gasteiger partial charge is 0.0853 e. The number of rotatable bonds is 2. The molecule has 2 aliphatic rings. The Kier molecular flexibility index (Phi) is 3.59. The molecule has 0 amide bonds. The van der Waals surface area contributed by atoms with Crippen molar-refractivity contribution in [3.05, 3.63) is 29.1 Å². The number of pyridine rings is 1. The van der Waals surface area contributed by atoms with E-state index in [2.05, 4.69) is 16.0 Å². The number of hydrogen-bond donors (Lipinski definition) is 1. The molecule has 4 heteroatoms. The second-order valence-corrected chi connectivity index (χ2v) is 5.16. The van der Waals surface area contributed by atoms with Crippen molar-refractivity contribution in [2.75, 3.05) is 19.8 Å². The van der Waals surface area contributed by atoms with Crippen LogP contribution >= 0.6 is 0 Å². The van der Waals surface area contributed by atoms with Gasteiger partial charge in [0.1, 0.15) is 0 Å². The lowest BCUT2D eigenvalue weighted by Crippen LogP contribution is -2.44. The average molecular weight is 248 g/mol. The fourth-order valence-electron chi connectivity index (χ4n) is 2.89. The molecule has 98 valence electrons. The number of hydrogen-bond acceptors (Lipinski definition) is 4. The van der Waals surface area contributed by atoms with Crippen molar-refractivity contribution in [1.29, 1.82) is 0 Å². The molecule has 0 radical (unpaired) electrons. The van der Waals surface area contributed by atoms with Crippen LogP contribution in [0.5, 0.6) is 0 Å². The zero-order valence-corrected chi connectivity index (χ0v) is 10.6. The third-order valence-corrected chi connectivity index (χ3v) is 3.95. The van der Waals surface area contributed by atoms with Gasteiger partial charge in [-0.05, 0) is 24.5 Å². The molecule has 1 unspecified atom stereocenters. The van der Waals surface area contributed by atoms with Crippen LogP contribution in [-0.4, -0.2) is 40.8 Å². The van der Waals surface area contributed by atoms with Gasteiger partial charge in [-0.15, -0.1) is 0 Å². The van der Waals surface area contributed by atoms with E-state index in [1.54, 1.807) is 0 Å². The Bertz CT molecular complexity index is 416. The minimum atomic E-state index is 0.0352. The molecule has 1 fully saturated rings. The van der Waals surface area contributed by atoms with Crippen molar-refractivity contribution < 1.29 is 9.84 Å². The van der Waals surface area contributed by atoms with Crippen molar-refractivity contribution in [3.63, 3.8) is 0 Å². The summed E-state index contributed by atoms with van der Waals surface area (Å²) in [4.78, 5) is 7.02. The molecule has 1 N–H and O–H groups in total. The molecule has 2 aliphatic heterocycles. The van der Waals surface area contributed by atoms with Crippen molar-refractivity contribution in [3.8, 4) is 0 Å². The lowest BCUT2D eigenvalue weighted by Gasteiger charge is -2.37. The van der Waals surface area contributed by atoms with E-state index in [9.17, 15) is 0 Å². The van der Waals surface area contributed by atoms with Crippen LogP contribution in [-0.2, 0) is 24.3 Å². The van der Waals surface area contributed by atoms with Gasteiger partial charge in [0, 0.05) is 37.9 Å². The highest BCUT2D eigenvalue weighted by Crippen LogP contribution is 2.23. The normalized spacial score (nSPS) is 24.8. The Labute approximate surface area is 108 Å². The molecule has 1 atom stereocenters.